The Morgan fingerprint density at radius 3 is 2.58 bits per heavy atom. The lowest BCUT2D eigenvalue weighted by atomic mass is 10.0. The highest BCUT2D eigenvalue weighted by atomic mass is 16.5. The first-order valence-electron chi connectivity index (χ1n) is 7.26. The molecule has 1 aromatic rings. The second-order valence-corrected chi connectivity index (χ2v) is 5.06. The monoisotopic (exact) mass is 264 g/mol. The highest BCUT2D eigenvalue weighted by molar-refractivity contribution is 5.26. The molecule has 0 saturated carbocycles. The molecule has 3 N–H and O–H groups in total. The maximum Gasteiger partial charge on any atom is 0.0713 e. The lowest BCUT2D eigenvalue weighted by Crippen LogP contribution is -2.32. The molecule has 1 unspecified atom stereocenters. The summed E-state index contributed by atoms with van der Waals surface area (Å²) in [5.41, 5.74) is 8.35. The summed E-state index contributed by atoms with van der Waals surface area (Å²) in [7, 11) is 1.72. The Balaban J connectivity index is 2.65. The SMILES string of the molecule is CCC(CC)CNC(CN)c1cccc(COC)c1. The molecule has 19 heavy (non-hydrogen) atoms. The fourth-order valence-electron chi connectivity index (χ4n) is 2.29. The number of hydrogen-bond donors (Lipinski definition) is 2. The topological polar surface area (TPSA) is 47.3 Å². The summed E-state index contributed by atoms with van der Waals surface area (Å²) >= 11 is 0. The van der Waals surface area contributed by atoms with Crippen LogP contribution in [0.25, 0.3) is 0 Å². The van der Waals surface area contributed by atoms with Crippen LogP contribution in [0.15, 0.2) is 24.3 Å². The van der Waals surface area contributed by atoms with Crippen LogP contribution in [0.1, 0.15) is 43.9 Å². The average Bonchev–Trinajstić information content (AvgIpc) is 2.44. The van der Waals surface area contributed by atoms with Crippen molar-refractivity contribution in [1.82, 2.24) is 5.32 Å². The maximum absolute atomic E-state index is 5.90. The van der Waals surface area contributed by atoms with Gasteiger partial charge in [-0.2, -0.15) is 0 Å². The van der Waals surface area contributed by atoms with Crippen molar-refractivity contribution in [3.8, 4) is 0 Å². The molecule has 0 bridgehead atoms. The van der Waals surface area contributed by atoms with Crippen molar-refractivity contribution < 1.29 is 4.74 Å². The molecule has 0 saturated heterocycles. The van der Waals surface area contributed by atoms with Gasteiger partial charge in [0.1, 0.15) is 0 Å². The standard InChI is InChI=1S/C16H28N2O/c1-4-13(5-2)11-18-16(10-17)15-8-6-7-14(9-15)12-19-3/h6-9,13,16,18H,4-5,10-12,17H2,1-3H3. The van der Waals surface area contributed by atoms with Crippen molar-refractivity contribution in [1.29, 1.82) is 0 Å². The number of nitrogens with one attached hydrogen (secondary N) is 1. The summed E-state index contributed by atoms with van der Waals surface area (Å²) in [6.45, 7) is 6.79. The van der Waals surface area contributed by atoms with Crippen LogP contribution in [0.4, 0.5) is 0 Å². The third-order valence-corrected chi connectivity index (χ3v) is 3.71. The first kappa shape index (κ1) is 16.2. The molecule has 1 atom stereocenters. The van der Waals surface area contributed by atoms with E-state index in [-0.39, 0.29) is 6.04 Å². The number of benzene rings is 1. The largest absolute Gasteiger partial charge is 0.380 e. The predicted molar refractivity (Wildman–Crippen MR) is 81.0 cm³/mol. The lowest BCUT2D eigenvalue weighted by molar-refractivity contribution is 0.185. The molecular formula is C16H28N2O. The number of hydrogen-bond acceptors (Lipinski definition) is 3. The van der Waals surface area contributed by atoms with E-state index in [0.717, 1.165) is 12.5 Å². The summed E-state index contributed by atoms with van der Waals surface area (Å²) in [6.07, 6.45) is 2.43. The smallest absolute Gasteiger partial charge is 0.0713 e. The summed E-state index contributed by atoms with van der Waals surface area (Å²) in [6, 6.07) is 8.71. The molecule has 0 spiro atoms. The van der Waals surface area contributed by atoms with Crippen LogP contribution in [0, 0.1) is 5.92 Å². The number of nitrogens with two attached hydrogens (primary N) is 1. The third-order valence-electron chi connectivity index (χ3n) is 3.71. The second kappa shape index (κ2) is 9.08. The van der Waals surface area contributed by atoms with E-state index in [1.54, 1.807) is 7.11 Å². The Labute approximate surface area is 117 Å². The van der Waals surface area contributed by atoms with Gasteiger partial charge in [0.2, 0.25) is 0 Å². The Morgan fingerprint density at radius 1 is 1.26 bits per heavy atom. The van der Waals surface area contributed by atoms with Gasteiger partial charge in [0.15, 0.2) is 0 Å². The molecule has 0 radical (unpaired) electrons. The second-order valence-electron chi connectivity index (χ2n) is 5.06. The van der Waals surface area contributed by atoms with Gasteiger partial charge in [0, 0.05) is 19.7 Å². The van der Waals surface area contributed by atoms with E-state index < -0.39 is 0 Å². The van der Waals surface area contributed by atoms with Crippen molar-refractivity contribution in [2.45, 2.75) is 39.3 Å². The Kier molecular flexibility index (Phi) is 7.72. The maximum atomic E-state index is 5.90. The van der Waals surface area contributed by atoms with Crippen LogP contribution in [-0.2, 0) is 11.3 Å². The van der Waals surface area contributed by atoms with E-state index in [1.807, 2.05) is 0 Å². The van der Waals surface area contributed by atoms with E-state index in [9.17, 15) is 0 Å². The highest BCUT2D eigenvalue weighted by Crippen LogP contribution is 2.16. The van der Waals surface area contributed by atoms with Crippen LogP contribution in [0.5, 0.6) is 0 Å². The van der Waals surface area contributed by atoms with Crippen LogP contribution >= 0.6 is 0 Å². The van der Waals surface area contributed by atoms with Crippen molar-refractivity contribution in [2.24, 2.45) is 11.7 Å². The van der Waals surface area contributed by atoms with Gasteiger partial charge in [-0.1, -0.05) is 51.0 Å². The predicted octanol–water partition coefficient (Wildman–Crippen LogP) is 2.86. The molecule has 3 heteroatoms. The third kappa shape index (κ3) is 5.31. The number of methoxy groups -OCH3 is 1. The Bertz CT molecular complexity index is 350. The van der Waals surface area contributed by atoms with Crippen molar-refractivity contribution in [3.63, 3.8) is 0 Å². The summed E-state index contributed by atoms with van der Waals surface area (Å²) < 4.78 is 5.18. The van der Waals surface area contributed by atoms with Gasteiger partial charge in [-0.3, -0.25) is 0 Å². The van der Waals surface area contributed by atoms with E-state index in [2.05, 4.69) is 43.4 Å². The molecular weight excluding hydrogens is 236 g/mol. The molecule has 3 nitrogen and oxygen atoms in total. The number of rotatable bonds is 9. The van der Waals surface area contributed by atoms with Crippen molar-refractivity contribution in [2.75, 3.05) is 20.2 Å². The van der Waals surface area contributed by atoms with E-state index in [0.29, 0.717) is 13.2 Å². The Morgan fingerprint density at radius 2 is 2.00 bits per heavy atom. The molecule has 1 rings (SSSR count). The van der Waals surface area contributed by atoms with E-state index in [4.69, 9.17) is 10.5 Å². The van der Waals surface area contributed by atoms with Crippen LogP contribution < -0.4 is 11.1 Å². The van der Waals surface area contributed by atoms with E-state index in [1.165, 1.54) is 24.0 Å². The van der Waals surface area contributed by atoms with Crippen LogP contribution in [0.2, 0.25) is 0 Å². The van der Waals surface area contributed by atoms with Gasteiger partial charge >= 0.3 is 0 Å². The average molecular weight is 264 g/mol. The molecule has 0 aliphatic heterocycles. The summed E-state index contributed by atoms with van der Waals surface area (Å²) in [5, 5.41) is 3.59. The molecule has 0 fully saturated rings. The fourth-order valence-corrected chi connectivity index (χ4v) is 2.29. The van der Waals surface area contributed by atoms with Gasteiger partial charge in [0.05, 0.1) is 6.61 Å². The number of ether oxygens (including phenoxy) is 1. The molecule has 0 aromatic heterocycles. The zero-order valence-corrected chi connectivity index (χ0v) is 12.5. The highest BCUT2D eigenvalue weighted by Gasteiger charge is 2.11. The molecule has 0 aliphatic carbocycles. The van der Waals surface area contributed by atoms with Gasteiger partial charge in [-0.15, -0.1) is 0 Å². The first-order valence-corrected chi connectivity index (χ1v) is 7.26. The van der Waals surface area contributed by atoms with Crippen molar-refractivity contribution in [3.05, 3.63) is 35.4 Å². The summed E-state index contributed by atoms with van der Waals surface area (Å²) in [4.78, 5) is 0. The van der Waals surface area contributed by atoms with Crippen LogP contribution in [0.3, 0.4) is 0 Å². The van der Waals surface area contributed by atoms with Gasteiger partial charge < -0.3 is 15.8 Å². The van der Waals surface area contributed by atoms with Gasteiger partial charge in [0.25, 0.3) is 0 Å². The molecule has 1 aromatic carbocycles. The zero-order valence-electron chi connectivity index (χ0n) is 12.5. The van der Waals surface area contributed by atoms with Crippen molar-refractivity contribution >= 4 is 0 Å². The van der Waals surface area contributed by atoms with E-state index >= 15 is 0 Å². The molecule has 0 aliphatic rings. The van der Waals surface area contributed by atoms with Gasteiger partial charge in [-0.05, 0) is 23.6 Å². The van der Waals surface area contributed by atoms with Crippen LogP contribution in [-0.4, -0.2) is 20.2 Å². The quantitative estimate of drug-likeness (QED) is 0.721. The van der Waals surface area contributed by atoms with Gasteiger partial charge in [-0.25, -0.2) is 0 Å². The minimum atomic E-state index is 0.234. The molecule has 0 amide bonds. The normalized spacial score (nSPS) is 12.9. The molecule has 108 valence electrons. The summed E-state index contributed by atoms with van der Waals surface area (Å²) in [5.74, 6) is 0.733. The minimum Gasteiger partial charge on any atom is -0.380 e. The molecule has 0 heterocycles. The zero-order chi connectivity index (χ0) is 14.1. The fraction of sp³-hybridized carbons (Fsp3) is 0.625. The minimum absolute atomic E-state index is 0.234. The first-order chi connectivity index (χ1) is 9.24. The Hall–Kier alpha value is -0.900. The lowest BCUT2D eigenvalue weighted by Gasteiger charge is -2.21.